The van der Waals surface area contributed by atoms with Gasteiger partial charge in [-0.3, -0.25) is 4.79 Å². The summed E-state index contributed by atoms with van der Waals surface area (Å²) in [6.07, 6.45) is 4.28. The van der Waals surface area contributed by atoms with E-state index in [0.717, 1.165) is 11.4 Å². The molecule has 0 unspecified atom stereocenters. The van der Waals surface area contributed by atoms with Crippen molar-refractivity contribution in [2.45, 2.75) is 26.7 Å². The van der Waals surface area contributed by atoms with Gasteiger partial charge < -0.3 is 15.3 Å². The van der Waals surface area contributed by atoms with E-state index in [9.17, 15) is 9.59 Å². The van der Waals surface area contributed by atoms with Gasteiger partial charge in [0.1, 0.15) is 5.82 Å². The third-order valence-corrected chi connectivity index (χ3v) is 3.03. The second kappa shape index (κ2) is 6.14. The molecule has 0 radical (unpaired) electrons. The van der Waals surface area contributed by atoms with Crippen LogP contribution in [0.1, 0.15) is 22.8 Å². The van der Waals surface area contributed by atoms with Crippen LogP contribution in [0.15, 0.2) is 17.2 Å². The van der Waals surface area contributed by atoms with Crippen LogP contribution in [0.4, 0.5) is 0 Å². The number of carbonyl (C=O) groups excluding carboxylic acids is 1. The molecular weight excluding hydrogens is 258 g/mol. The Balaban J connectivity index is 1.90. The average molecular weight is 275 g/mol. The van der Waals surface area contributed by atoms with Crippen LogP contribution in [0.2, 0.25) is 0 Å². The van der Waals surface area contributed by atoms with Crippen LogP contribution < -0.4 is 11.0 Å². The average Bonchev–Trinajstić information content (AvgIpc) is 2.87. The minimum atomic E-state index is -0.387. The molecule has 20 heavy (non-hydrogen) atoms. The summed E-state index contributed by atoms with van der Waals surface area (Å²) in [5.74, 6) is 0.736. The summed E-state index contributed by atoms with van der Waals surface area (Å²) >= 11 is 0. The Bertz CT molecular complexity index is 619. The van der Waals surface area contributed by atoms with Crippen molar-refractivity contribution in [3.05, 3.63) is 45.7 Å². The molecule has 2 aromatic rings. The van der Waals surface area contributed by atoms with Crippen molar-refractivity contribution < 1.29 is 4.79 Å². The number of carbonyl (C=O) groups is 1. The highest BCUT2D eigenvalue weighted by molar-refractivity contribution is 5.79. The van der Waals surface area contributed by atoms with Crippen molar-refractivity contribution in [1.29, 1.82) is 0 Å². The van der Waals surface area contributed by atoms with Crippen molar-refractivity contribution in [3.8, 4) is 0 Å². The first-order valence-electron chi connectivity index (χ1n) is 6.37. The second-order valence-corrected chi connectivity index (χ2v) is 4.54. The van der Waals surface area contributed by atoms with Crippen LogP contribution in [0.3, 0.4) is 0 Å². The van der Waals surface area contributed by atoms with E-state index in [0.29, 0.717) is 24.4 Å². The summed E-state index contributed by atoms with van der Waals surface area (Å²) in [6, 6.07) is 0. The van der Waals surface area contributed by atoms with Gasteiger partial charge in [0.2, 0.25) is 5.91 Å². The van der Waals surface area contributed by atoms with Gasteiger partial charge in [0.15, 0.2) is 0 Å². The van der Waals surface area contributed by atoms with Crippen LogP contribution >= 0.6 is 0 Å². The first-order valence-corrected chi connectivity index (χ1v) is 6.37. The molecule has 3 N–H and O–H groups in total. The number of rotatable bonds is 5. The number of aromatic amines is 2. The van der Waals surface area contributed by atoms with Gasteiger partial charge in [-0.1, -0.05) is 0 Å². The molecule has 2 aromatic heterocycles. The van der Waals surface area contributed by atoms with Gasteiger partial charge in [0.25, 0.3) is 0 Å². The summed E-state index contributed by atoms with van der Waals surface area (Å²) < 4.78 is 0. The van der Waals surface area contributed by atoms with Crippen molar-refractivity contribution >= 4 is 5.91 Å². The minimum absolute atomic E-state index is 0.100. The number of aryl methyl sites for hydroxylation is 2. The normalized spacial score (nSPS) is 10.5. The smallest absolute Gasteiger partial charge is 0.345 e. The van der Waals surface area contributed by atoms with E-state index in [1.807, 2.05) is 0 Å². The monoisotopic (exact) mass is 275 g/mol. The van der Waals surface area contributed by atoms with E-state index in [1.165, 1.54) is 0 Å². The Labute approximate surface area is 115 Å². The molecule has 7 nitrogen and oxygen atoms in total. The first kappa shape index (κ1) is 14.0. The Kier molecular flexibility index (Phi) is 4.29. The lowest BCUT2D eigenvalue weighted by Crippen LogP contribution is -2.29. The Morgan fingerprint density at radius 3 is 2.85 bits per heavy atom. The Morgan fingerprint density at radius 2 is 2.20 bits per heavy atom. The SMILES string of the molecule is Cc1nc(=O)[nH]c(C)c1CC(=O)NCCc1ncc[nH]1. The lowest BCUT2D eigenvalue weighted by Gasteiger charge is -2.08. The molecule has 0 bridgehead atoms. The van der Waals surface area contributed by atoms with Crippen molar-refractivity contribution in [1.82, 2.24) is 25.3 Å². The second-order valence-electron chi connectivity index (χ2n) is 4.54. The van der Waals surface area contributed by atoms with Gasteiger partial charge in [-0.05, 0) is 13.8 Å². The number of nitrogens with one attached hydrogen (secondary N) is 3. The Morgan fingerprint density at radius 1 is 1.40 bits per heavy atom. The summed E-state index contributed by atoms with van der Waals surface area (Å²) in [7, 11) is 0. The largest absolute Gasteiger partial charge is 0.355 e. The van der Waals surface area contributed by atoms with E-state index in [4.69, 9.17) is 0 Å². The third kappa shape index (κ3) is 3.53. The number of imidazole rings is 1. The number of H-pyrrole nitrogens is 2. The fraction of sp³-hybridized carbons (Fsp3) is 0.385. The van der Waals surface area contributed by atoms with Crippen LogP contribution in [0.25, 0.3) is 0 Å². The van der Waals surface area contributed by atoms with E-state index < -0.39 is 0 Å². The van der Waals surface area contributed by atoms with E-state index in [1.54, 1.807) is 26.2 Å². The zero-order valence-electron chi connectivity index (χ0n) is 11.5. The molecule has 0 aliphatic heterocycles. The van der Waals surface area contributed by atoms with E-state index in [2.05, 4.69) is 25.3 Å². The Hall–Kier alpha value is -2.44. The molecule has 0 aliphatic rings. The molecule has 1 amide bonds. The predicted octanol–water partition coefficient (Wildman–Crippen LogP) is 0.0112. The van der Waals surface area contributed by atoms with Crippen molar-refractivity contribution in [3.63, 3.8) is 0 Å². The van der Waals surface area contributed by atoms with E-state index >= 15 is 0 Å². The number of hydrogen-bond donors (Lipinski definition) is 3. The highest BCUT2D eigenvalue weighted by Gasteiger charge is 2.10. The number of amides is 1. The molecule has 2 rings (SSSR count). The first-order chi connectivity index (χ1) is 9.56. The third-order valence-electron chi connectivity index (χ3n) is 3.03. The zero-order valence-corrected chi connectivity index (χ0v) is 11.5. The van der Waals surface area contributed by atoms with Gasteiger partial charge in [-0.15, -0.1) is 0 Å². The predicted molar refractivity (Wildman–Crippen MR) is 73.3 cm³/mol. The van der Waals surface area contributed by atoms with Crippen LogP contribution in [0.5, 0.6) is 0 Å². The molecule has 0 atom stereocenters. The van der Waals surface area contributed by atoms with Crippen LogP contribution in [-0.4, -0.2) is 32.4 Å². The lowest BCUT2D eigenvalue weighted by atomic mass is 10.1. The van der Waals surface area contributed by atoms with E-state index in [-0.39, 0.29) is 18.0 Å². The minimum Gasteiger partial charge on any atom is -0.355 e. The molecule has 2 heterocycles. The van der Waals surface area contributed by atoms with Crippen LogP contribution in [0, 0.1) is 13.8 Å². The quantitative estimate of drug-likeness (QED) is 0.715. The lowest BCUT2D eigenvalue weighted by molar-refractivity contribution is -0.120. The van der Waals surface area contributed by atoms with Gasteiger partial charge in [0, 0.05) is 42.3 Å². The molecule has 106 valence electrons. The molecule has 0 aromatic carbocycles. The fourth-order valence-electron chi connectivity index (χ4n) is 1.99. The summed E-state index contributed by atoms with van der Waals surface area (Å²) in [5, 5.41) is 2.82. The van der Waals surface area contributed by atoms with Crippen molar-refractivity contribution in [2.24, 2.45) is 0 Å². The maximum absolute atomic E-state index is 11.9. The van der Waals surface area contributed by atoms with Crippen LogP contribution in [-0.2, 0) is 17.6 Å². The molecule has 0 fully saturated rings. The van der Waals surface area contributed by atoms with Gasteiger partial charge >= 0.3 is 5.69 Å². The highest BCUT2D eigenvalue weighted by Crippen LogP contribution is 2.07. The van der Waals surface area contributed by atoms with Gasteiger partial charge in [-0.25, -0.2) is 9.78 Å². The molecule has 0 saturated carbocycles. The van der Waals surface area contributed by atoms with Gasteiger partial charge in [-0.2, -0.15) is 4.98 Å². The number of aromatic nitrogens is 4. The standard InChI is InChI=1S/C13H17N5O2/c1-8-10(9(2)18-13(20)17-8)7-12(19)16-4-3-11-14-5-6-15-11/h5-6H,3-4,7H2,1-2H3,(H,14,15)(H,16,19)(H,17,18,20). The molecular formula is C13H17N5O2. The summed E-state index contributed by atoms with van der Waals surface area (Å²) in [5.41, 5.74) is 1.65. The molecule has 7 heteroatoms. The topological polar surface area (TPSA) is 104 Å². The molecule has 0 saturated heterocycles. The van der Waals surface area contributed by atoms with Gasteiger partial charge in [0.05, 0.1) is 6.42 Å². The number of nitrogens with zero attached hydrogens (tertiary/aromatic N) is 2. The van der Waals surface area contributed by atoms with Crippen molar-refractivity contribution in [2.75, 3.05) is 6.54 Å². The maximum Gasteiger partial charge on any atom is 0.345 e. The molecule has 0 aliphatic carbocycles. The zero-order chi connectivity index (χ0) is 14.5. The summed E-state index contributed by atoms with van der Waals surface area (Å²) in [6.45, 7) is 4.01. The fourth-order valence-corrected chi connectivity index (χ4v) is 1.99. The number of hydrogen-bond acceptors (Lipinski definition) is 4. The maximum atomic E-state index is 11.9. The molecule has 0 spiro atoms. The summed E-state index contributed by atoms with van der Waals surface area (Å²) in [4.78, 5) is 36.5. The highest BCUT2D eigenvalue weighted by atomic mass is 16.1.